The number of ether oxygens (including phenoxy) is 1. The second kappa shape index (κ2) is 88.7. The van der Waals surface area contributed by atoms with Crippen LogP contribution in [0.15, 0.2) is 24.3 Å². The van der Waals surface area contributed by atoms with Crippen LogP contribution in [0.1, 0.15) is 534 Å². The van der Waals surface area contributed by atoms with E-state index >= 15 is 0 Å². The van der Waals surface area contributed by atoms with E-state index in [4.69, 9.17) is 4.74 Å². The number of carbonyl (C=O) groups excluding carboxylic acids is 2. The summed E-state index contributed by atoms with van der Waals surface area (Å²) < 4.78 is 5.53. The van der Waals surface area contributed by atoms with Crippen LogP contribution >= 0.6 is 0 Å². The van der Waals surface area contributed by atoms with Crippen LogP contribution in [-0.4, -0.2) is 47.4 Å². The smallest absolute Gasteiger partial charge is 0.305 e. The minimum absolute atomic E-state index is 0.0281. The van der Waals surface area contributed by atoms with Gasteiger partial charge in [-0.25, -0.2) is 0 Å². The van der Waals surface area contributed by atoms with Crippen LogP contribution in [0.4, 0.5) is 0 Å². The zero-order chi connectivity index (χ0) is 71.2. The van der Waals surface area contributed by atoms with Gasteiger partial charge >= 0.3 is 5.97 Å². The number of nitrogens with one attached hydrogen (secondary N) is 1. The van der Waals surface area contributed by atoms with Crippen molar-refractivity contribution in [2.24, 2.45) is 0 Å². The minimum Gasteiger partial charge on any atom is -0.466 e. The molecule has 0 aromatic carbocycles. The molecule has 99 heavy (non-hydrogen) atoms. The van der Waals surface area contributed by atoms with Crippen molar-refractivity contribution in [3.8, 4) is 0 Å². The van der Waals surface area contributed by atoms with E-state index < -0.39 is 12.1 Å². The Bertz CT molecular complexity index is 1560. The van der Waals surface area contributed by atoms with Crippen LogP contribution in [0.3, 0.4) is 0 Å². The number of allylic oxidation sites excluding steroid dienone is 3. The minimum atomic E-state index is -0.843. The number of carbonyl (C=O) groups is 2. The van der Waals surface area contributed by atoms with Gasteiger partial charge in [-0.15, -0.1) is 0 Å². The maximum Gasteiger partial charge on any atom is 0.305 e. The molecule has 1 amide bonds. The molecule has 0 saturated heterocycles. The summed E-state index contributed by atoms with van der Waals surface area (Å²) in [6, 6.07) is -0.626. The lowest BCUT2D eigenvalue weighted by molar-refractivity contribution is -0.143. The SMILES string of the molecule is CCCCCCCCCCCCCCCCCCCCCCCCC/C=C/C(O)C(CO)NC(=O)CCCCCCCCCCCCCCCCCCC/C=C\CCCCCCCCCCCCCCCCCCCCOC(=O)CCCCCCCCCCCCCCCCCCCC. The van der Waals surface area contributed by atoms with Crippen LogP contribution in [-0.2, 0) is 14.3 Å². The van der Waals surface area contributed by atoms with Crippen molar-refractivity contribution < 1.29 is 24.5 Å². The Labute approximate surface area is 622 Å². The van der Waals surface area contributed by atoms with Gasteiger partial charge in [0.25, 0.3) is 0 Å². The van der Waals surface area contributed by atoms with Gasteiger partial charge in [-0.05, 0) is 57.8 Å². The summed E-state index contributed by atoms with van der Waals surface area (Å²) in [5, 5.41) is 23.4. The Hall–Kier alpha value is -1.66. The highest BCUT2D eigenvalue weighted by molar-refractivity contribution is 5.76. The molecule has 0 aliphatic carbocycles. The summed E-state index contributed by atoms with van der Waals surface area (Å²) in [4.78, 5) is 24.7. The number of aliphatic hydroxyl groups excluding tert-OH is 2. The number of hydrogen-bond donors (Lipinski definition) is 3. The lowest BCUT2D eigenvalue weighted by atomic mass is 10.0. The maximum absolute atomic E-state index is 12.6. The molecule has 0 spiro atoms. The molecule has 0 aromatic rings. The molecule has 0 rings (SSSR count). The van der Waals surface area contributed by atoms with E-state index in [1.807, 2.05) is 6.08 Å². The molecule has 2 unspecified atom stereocenters. The number of amides is 1. The van der Waals surface area contributed by atoms with Gasteiger partial charge in [0.05, 0.1) is 25.4 Å². The Balaban J connectivity index is 3.33. The first-order chi connectivity index (χ1) is 49.0. The van der Waals surface area contributed by atoms with E-state index in [9.17, 15) is 19.8 Å². The quantitative estimate of drug-likeness (QED) is 0.0320. The van der Waals surface area contributed by atoms with Gasteiger partial charge < -0.3 is 20.3 Å². The Morgan fingerprint density at radius 1 is 0.273 bits per heavy atom. The van der Waals surface area contributed by atoms with Crippen molar-refractivity contribution in [2.75, 3.05) is 13.2 Å². The summed E-state index contributed by atoms with van der Waals surface area (Å²) in [5.74, 6) is -0.0293. The highest BCUT2D eigenvalue weighted by Crippen LogP contribution is 2.21. The van der Waals surface area contributed by atoms with E-state index in [2.05, 4.69) is 31.3 Å². The predicted octanol–water partition coefficient (Wildman–Crippen LogP) is 31.1. The van der Waals surface area contributed by atoms with Gasteiger partial charge in [0.1, 0.15) is 0 Å². The van der Waals surface area contributed by atoms with Crippen LogP contribution in [0.5, 0.6) is 0 Å². The molecule has 3 N–H and O–H groups in total. The molecular weight excluding hydrogens is 1210 g/mol. The predicted molar refractivity (Wildman–Crippen MR) is 440 cm³/mol. The second-order valence-electron chi connectivity index (χ2n) is 32.0. The summed E-state index contributed by atoms with van der Waals surface area (Å²) in [6.45, 7) is 4.98. The van der Waals surface area contributed by atoms with Gasteiger partial charge in [-0.3, -0.25) is 9.59 Å². The molecule has 6 heteroatoms. The van der Waals surface area contributed by atoms with Gasteiger partial charge in [0.15, 0.2) is 0 Å². The van der Waals surface area contributed by atoms with Gasteiger partial charge in [-0.1, -0.05) is 488 Å². The Morgan fingerprint density at radius 3 is 0.717 bits per heavy atom. The highest BCUT2D eigenvalue weighted by Gasteiger charge is 2.18. The lowest BCUT2D eigenvalue weighted by Gasteiger charge is -2.20. The molecule has 0 radical (unpaired) electrons. The molecule has 0 heterocycles. The van der Waals surface area contributed by atoms with Crippen molar-refractivity contribution in [3.63, 3.8) is 0 Å². The molecule has 0 fully saturated rings. The molecule has 0 aliphatic heterocycles. The Kier molecular flexibility index (Phi) is 87.2. The summed E-state index contributed by atoms with van der Waals surface area (Å²) in [7, 11) is 0. The zero-order valence-corrected chi connectivity index (χ0v) is 67.8. The van der Waals surface area contributed by atoms with E-state index in [0.717, 1.165) is 38.5 Å². The highest BCUT2D eigenvalue weighted by atomic mass is 16.5. The first-order valence-corrected chi connectivity index (χ1v) is 46.1. The van der Waals surface area contributed by atoms with Crippen molar-refractivity contribution in [3.05, 3.63) is 24.3 Å². The van der Waals surface area contributed by atoms with Crippen LogP contribution in [0, 0.1) is 0 Å². The topological polar surface area (TPSA) is 95.9 Å². The third-order valence-electron chi connectivity index (χ3n) is 22.0. The number of aliphatic hydroxyl groups is 2. The number of esters is 1. The molecule has 6 nitrogen and oxygen atoms in total. The fourth-order valence-electron chi connectivity index (χ4n) is 15.0. The van der Waals surface area contributed by atoms with Crippen LogP contribution in [0.25, 0.3) is 0 Å². The maximum atomic E-state index is 12.6. The standard InChI is InChI=1S/C93H181NO5/c1-3-5-7-9-11-13-15-17-19-21-23-24-25-41-44-47-50-53-57-61-65-69-73-77-81-85-91(96)90(89-95)94-92(97)86-82-78-74-70-66-62-58-54-51-48-45-42-39-37-35-33-31-29-27-26-28-30-32-34-36-38-40-43-46-49-52-56-60-64-68-72-76-80-84-88-99-93(98)87-83-79-75-71-67-63-59-55-22-20-18-16-14-12-10-8-6-4-2/h26-27,81,85,90-91,95-96H,3-25,28-80,82-84,86-89H2,1-2H3,(H,94,97)/b27-26-,85-81+. The lowest BCUT2D eigenvalue weighted by Crippen LogP contribution is -2.45. The number of rotatable bonds is 88. The van der Waals surface area contributed by atoms with Gasteiger partial charge in [-0.2, -0.15) is 0 Å². The van der Waals surface area contributed by atoms with Crippen molar-refractivity contribution in [1.29, 1.82) is 0 Å². The van der Waals surface area contributed by atoms with Crippen LogP contribution < -0.4 is 5.32 Å². The van der Waals surface area contributed by atoms with E-state index in [0.29, 0.717) is 19.4 Å². The van der Waals surface area contributed by atoms with Crippen LogP contribution in [0.2, 0.25) is 0 Å². The summed E-state index contributed by atoms with van der Waals surface area (Å²) in [5.41, 5.74) is 0. The van der Waals surface area contributed by atoms with Crippen molar-refractivity contribution in [2.45, 2.75) is 546 Å². The second-order valence-corrected chi connectivity index (χ2v) is 32.0. The summed E-state index contributed by atoms with van der Waals surface area (Å²) >= 11 is 0. The third kappa shape index (κ3) is 85.2. The van der Waals surface area contributed by atoms with Gasteiger partial charge in [0.2, 0.25) is 5.91 Å². The molecule has 0 bridgehead atoms. The molecule has 588 valence electrons. The monoisotopic (exact) mass is 1390 g/mol. The van der Waals surface area contributed by atoms with E-state index in [1.165, 1.54) is 469 Å². The zero-order valence-electron chi connectivity index (χ0n) is 67.8. The molecular formula is C93H181NO5. The fourth-order valence-corrected chi connectivity index (χ4v) is 15.0. The first-order valence-electron chi connectivity index (χ1n) is 46.1. The first kappa shape index (κ1) is 97.3. The molecule has 0 saturated carbocycles. The van der Waals surface area contributed by atoms with Gasteiger partial charge in [0, 0.05) is 12.8 Å². The van der Waals surface area contributed by atoms with E-state index in [-0.39, 0.29) is 18.5 Å². The van der Waals surface area contributed by atoms with Crippen molar-refractivity contribution >= 4 is 11.9 Å². The number of unbranched alkanes of at least 4 members (excludes halogenated alkanes) is 75. The normalized spacial score (nSPS) is 12.5. The molecule has 0 aliphatic rings. The third-order valence-corrected chi connectivity index (χ3v) is 22.0. The average molecular weight is 1390 g/mol. The largest absolute Gasteiger partial charge is 0.466 e. The van der Waals surface area contributed by atoms with Crippen molar-refractivity contribution in [1.82, 2.24) is 5.32 Å². The fraction of sp³-hybridized carbons (Fsp3) is 0.935. The molecule has 0 aromatic heterocycles. The Morgan fingerprint density at radius 2 is 0.475 bits per heavy atom. The average Bonchev–Trinajstić information content (AvgIpc) is 1.84. The summed E-state index contributed by atoms with van der Waals surface area (Å²) in [6.07, 6.45) is 117. The van der Waals surface area contributed by atoms with E-state index in [1.54, 1.807) is 6.08 Å². The molecule has 2 atom stereocenters. The number of hydrogen-bond acceptors (Lipinski definition) is 5.